The van der Waals surface area contributed by atoms with Crippen molar-refractivity contribution in [2.75, 3.05) is 35.0 Å². The average molecular weight is 373 g/mol. The van der Waals surface area contributed by atoms with Crippen LogP contribution in [0.2, 0.25) is 0 Å². The zero-order valence-corrected chi connectivity index (χ0v) is 16.3. The molecule has 0 fully saturated rings. The Morgan fingerprint density at radius 2 is 1.44 bits per heavy atom. The molecule has 0 aliphatic carbocycles. The second kappa shape index (κ2) is 10.3. The van der Waals surface area contributed by atoms with Crippen LogP contribution in [0.4, 0.5) is 0 Å². The number of hydrogen-bond acceptors (Lipinski definition) is 5. The number of carbonyl (C=O) groups is 1. The fourth-order valence-corrected chi connectivity index (χ4v) is 2.74. The van der Waals surface area contributed by atoms with E-state index in [2.05, 4.69) is 5.32 Å². The van der Waals surface area contributed by atoms with E-state index in [0.29, 0.717) is 30.9 Å². The van der Waals surface area contributed by atoms with E-state index in [0.717, 1.165) is 29.0 Å². The Balaban J connectivity index is 1.81. The van der Waals surface area contributed by atoms with Crippen LogP contribution >= 0.6 is 0 Å². The standard InChI is InChI=1S/C21H27NO5/c1-24-17-11-16(12-18(14-17)25-2)6-8-21(23)22-10-9-15-5-7-19(26-3)20(13-15)27-4/h5,7,11-14H,6,8-10H2,1-4H3,(H,22,23). The molecule has 6 heteroatoms. The summed E-state index contributed by atoms with van der Waals surface area (Å²) >= 11 is 0. The number of carbonyl (C=O) groups excluding carboxylic acids is 1. The summed E-state index contributed by atoms with van der Waals surface area (Å²) in [6.07, 6.45) is 1.75. The zero-order chi connectivity index (χ0) is 19.6. The molecule has 0 aromatic heterocycles. The van der Waals surface area contributed by atoms with Crippen LogP contribution in [0, 0.1) is 0 Å². The quantitative estimate of drug-likeness (QED) is 0.693. The van der Waals surface area contributed by atoms with Gasteiger partial charge in [-0.25, -0.2) is 0 Å². The molecule has 0 atom stereocenters. The normalized spacial score (nSPS) is 10.2. The van der Waals surface area contributed by atoms with Crippen molar-refractivity contribution in [3.05, 3.63) is 47.5 Å². The minimum Gasteiger partial charge on any atom is -0.497 e. The maximum atomic E-state index is 12.1. The molecule has 27 heavy (non-hydrogen) atoms. The highest BCUT2D eigenvalue weighted by molar-refractivity contribution is 5.76. The molecule has 2 rings (SSSR count). The summed E-state index contributed by atoms with van der Waals surface area (Å²) < 4.78 is 21.0. The van der Waals surface area contributed by atoms with Gasteiger partial charge in [0, 0.05) is 19.0 Å². The van der Waals surface area contributed by atoms with Gasteiger partial charge in [0.2, 0.25) is 5.91 Å². The number of hydrogen-bond donors (Lipinski definition) is 1. The van der Waals surface area contributed by atoms with Crippen LogP contribution in [-0.4, -0.2) is 40.9 Å². The van der Waals surface area contributed by atoms with Gasteiger partial charge in [0.25, 0.3) is 0 Å². The molecular weight excluding hydrogens is 346 g/mol. The van der Waals surface area contributed by atoms with E-state index in [1.54, 1.807) is 28.4 Å². The van der Waals surface area contributed by atoms with Crippen molar-refractivity contribution in [2.45, 2.75) is 19.3 Å². The van der Waals surface area contributed by atoms with Crippen molar-refractivity contribution >= 4 is 5.91 Å². The fourth-order valence-electron chi connectivity index (χ4n) is 2.74. The lowest BCUT2D eigenvalue weighted by atomic mass is 10.1. The van der Waals surface area contributed by atoms with Crippen molar-refractivity contribution < 1.29 is 23.7 Å². The summed E-state index contributed by atoms with van der Waals surface area (Å²) in [6.45, 7) is 0.565. The minimum atomic E-state index is 0.0114. The number of rotatable bonds is 10. The Morgan fingerprint density at radius 1 is 0.778 bits per heavy atom. The van der Waals surface area contributed by atoms with Gasteiger partial charge < -0.3 is 24.3 Å². The fraction of sp³-hybridized carbons (Fsp3) is 0.381. The molecule has 1 amide bonds. The first-order chi connectivity index (χ1) is 13.1. The summed E-state index contributed by atoms with van der Waals surface area (Å²) in [7, 11) is 6.44. The van der Waals surface area contributed by atoms with Crippen molar-refractivity contribution in [1.29, 1.82) is 0 Å². The number of amides is 1. The Hall–Kier alpha value is -2.89. The molecule has 0 saturated carbocycles. The third-order valence-electron chi connectivity index (χ3n) is 4.24. The summed E-state index contributed by atoms with van der Waals surface area (Å²) in [5.74, 6) is 2.83. The third-order valence-corrected chi connectivity index (χ3v) is 4.24. The Bertz CT molecular complexity index is 738. The van der Waals surface area contributed by atoms with Crippen LogP contribution in [0.25, 0.3) is 0 Å². The number of methoxy groups -OCH3 is 4. The maximum absolute atomic E-state index is 12.1. The highest BCUT2D eigenvalue weighted by Gasteiger charge is 2.07. The summed E-state index contributed by atoms with van der Waals surface area (Å²) in [5.41, 5.74) is 2.08. The third kappa shape index (κ3) is 6.09. The SMILES string of the molecule is COc1cc(CCC(=O)NCCc2ccc(OC)c(OC)c2)cc(OC)c1. The van der Waals surface area contributed by atoms with Gasteiger partial charge in [-0.2, -0.15) is 0 Å². The van der Waals surface area contributed by atoms with Crippen LogP contribution in [-0.2, 0) is 17.6 Å². The highest BCUT2D eigenvalue weighted by atomic mass is 16.5. The van der Waals surface area contributed by atoms with E-state index >= 15 is 0 Å². The van der Waals surface area contributed by atoms with E-state index in [-0.39, 0.29) is 5.91 Å². The van der Waals surface area contributed by atoms with Gasteiger partial charge in [-0.1, -0.05) is 6.07 Å². The molecule has 0 aliphatic rings. The van der Waals surface area contributed by atoms with Gasteiger partial charge in [0.15, 0.2) is 11.5 Å². The van der Waals surface area contributed by atoms with Gasteiger partial charge in [0.05, 0.1) is 28.4 Å². The molecule has 2 aromatic carbocycles. The number of ether oxygens (including phenoxy) is 4. The molecular formula is C21H27NO5. The van der Waals surface area contributed by atoms with E-state index in [9.17, 15) is 4.79 Å². The lowest BCUT2D eigenvalue weighted by molar-refractivity contribution is -0.121. The molecule has 0 aliphatic heterocycles. The lowest BCUT2D eigenvalue weighted by Crippen LogP contribution is -2.25. The van der Waals surface area contributed by atoms with Crippen molar-refractivity contribution in [3.63, 3.8) is 0 Å². The van der Waals surface area contributed by atoms with Crippen LogP contribution in [0.1, 0.15) is 17.5 Å². The summed E-state index contributed by atoms with van der Waals surface area (Å²) in [5, 5.41) is 2.95. The smallest absolute Gasteiger partial charge is 0.220 e. The molecule has 0 unspecified atom stereocenters. The molecule has 0 bridgehead atoms. The summed E-state index contributed by atoms with van der Waals surface area (Å²) in [6, 6.07) is 11.4. The van der Waals surface area contributed by atoms with Crippen LogP contribution in [0.5, 0.6) is 23.0 Å². The van der Waals surface area contributed by atoms with E-state index < -0.39 is 0 Å². The van der Waals surface area contributed by atoms with Gasteiger partial charge >= 0.3 is 0 Å². The molecule has 1 N–H and O–H groups in total. The number of benzene rings is 2. The summed E-state index contributed by atoms with van der Waals surface area (Å²) in [4.78, 5) is 12.1. The minimum absolute atomic E-state index is 0.0114. The Labute approximate surface area is 160 Å². The van der Waals surface area contributed by atoms with Crippen molar-refractivity contribution in [1.82, 2.24) is 5.32 Å². The molecule has 0 saturated heterocycles. The first kappa shape index (κ1) is 20.4. The van der Waals surface area contributed by atoms with Crippen molar-refractivity contribution in [3.8, 4) is 23.0 Å². The van der Waals surface area contributed by atoms with Gasteiger partial charge in [-0.05, 0) is 48.2 Å². The second-order valence-electron chi connectivity index (χ2n) is 6.01. The molecule has 6 nitrogen and oxygen atoms in total. The first-order valence-corrected chi connectivity index (χ1v) is 8.79. The maximum Gasteiger partial charge on any atom is 0.220 e. The van der Waals surface area contributed by atoms with E-state index in [1.807, 2.05) is 36.4 Å². The predicted octanol–water partition coefficient (Wildman–Crippen LogP) is 3.01. The van der Waals surface area contributed by atoms with E-state index in [1.165, 1.54) is 0 Å². The largest absolute Gasteiger partial charge is 0.497 e. The van der Waals surface area contributed by atoms with Gasteiger partial charge in [-0.15, -0.1) is 0 Å². The molecule has 0 spiro atoms. The van der Waals surface area contributed by atoms with Gasteiger partial charge in [-0.3, -0.25) is 4.79 Å². The first-order valence-electron chi connectivity index (χ1n) is 8.79. The molecule has 146 valence electrons. The lowest BCUT2D eigenvalue weighted by Gasteiger charge is -2.10. The van der Waals surface area contributed by atoms with Gasteiger partial charge in [0.1, 0.15) is 11.5 Å². The van der Waals surface area contributed by atoms with Crippen LogP contribution in [0.3, 0.4) is 0 Å². The molecule has 0 radical (unpaired) electrons. The number of nitrogens with one attached hydrogen (secondary N) is 1. The molecule has 2 aromatic rings. The Morgan fingerprint density at radius 3 is 2.04 bits per heavy atom. The predicted molar refractivity (Wildman–Crippen MR) is 104 cm³/mol. The average Bonchev–Trinajstić information content (AvgIpc) is 2.71. The zero-order valence-electron chi connectivity index (χ0n) is 16.3. The monoisotopic (exact) mass is 373 g/mol. The van der Waals surface area contributed by atoms with Crippen molar-refractivity contribution in [2.24, 2.45) is 0 Å². The van der Waals surface area contributed by atoms with Crippen LogP contribution in [0.15, 0.2) is 36.4 Å². The highest BCUT2D eigenvalue weighted by Crippen LogP contribution is 2.27. The second-order valence-corrected chi connectivity index (χ2v) is 6.01. The molecule has 0 heterocycles. The topological polar surface area (TPSA) is 66.0 Å². The van der Waals surface area contributed by atoms with Crippen LogP contribution < -0.4 is 24.3 Å². The number of aryl methyl sites for hydroxylation is 1. The van der Waals surface area contributed by atoms with E-state index in [4.69, 9.17) is 18.9 Å². The Kier molecular flexibility index (Phi) is 7.79.